The summed E-state index contributed by atoms with van der Waals surface area (Å²) < 4.78 is 8.25. The monoisotopic (exact) mass is 336 g/mol. The Morgan fingerprint density at radius 1 is 1.12 bits per heavy atom. The Bertz CT molecular complexity index is 838. The van der Waals surface area contributed by atoms with Crippen molar-refractivity contribution < 1.29 is 4.74 Å². The number of fused-ring (bicyclic) bond motifs is 1. The highest BCUT2D eigenvalue weighted by molar-refractivity contribution is 5.37. The van der Waals surface area contributed by atoms with Crippen molar-refractivity contribution in [2.45, 2.75) is 51.3 Å². The van der Waals surface area contributed by atoms with Crippen LogP contribution in [0.2, 0.25) is 0 Å². The van der Waals surface area contributed by atoms with Crippen LogP contribution in [-0.4, -0.2) is 20.7 Å². The third-order valence-corrected chi connectivity index (χ3v) is 4.89. The number of rotatable bonds is 6. The first kappa shape index (κ1) is 16.1. The Hall–Kier alpha value is -2.40. The molecule has 1 N–H and O–H groups in total. The smallest absolute Gasteiger partial charge is 0.160 e. The normalized spacial score (nSPS) is 16.4. The number of hydrogen-bond acceptors (Lipinski definition) is 4. The van der Waals surface area contributed by atoms with E-state index in [9.17, 15) is 0 Å². The molecule has 0 spiro atoms. The van der Waals surface area contributed by atoms with Crippen molar-refractivity contribution in [3.63, 3.8) is 0 Å². The first-order valence-electron chi connectivity index (χ1n) is 9.09. The summed E-state index contributed by atoms with van der Waals surface area (Å²) in [6, 6.07) is 14.3. The number of nitrogens with zero attached hydrogens (tertiary/aromatic N) is 3. The highest BCUT2D eigenvalue weighted by atomic mass is 16.5. The average Bonchev–Trinajstić information content (AvgIpc) is 3.30. The van der Waals surface area contributed by atoms with Crippen LogP contribution in [0.4, 0.5) is 0 Å². The Morgan fingerprint density at radius 3 is 2.80 bits per heavy atom. The van der Waals surface area contributed by atoms with Crippen molar-refractivity contribution in [2.24, 2.45) is 0 Å². The first-order chi connectivity index (χ1) is 12.3. The number of pyridine rings is 1. The van der Waals surface area contributed by atoms with Crippen LogP contribution in [0, 0.1) is 0 Å². The fraction of sp³-hybridized carbons (Fsp3) is 0.400. The zero-order chi connectivity index (χ0) is 17.1. The summed E-state index contributed by atoms with van der Waals surface area (Å²) in [7, 11) is 0. The molecule has 5 heteroatoms. The van der Waals surface area contributed by atoms with Gasteiger partial charge in [-0.3, -0.25) is 4.40 Å². The lowest BCUT2D eigenvalue weighted by Crippen LogP contribution is -2.21. The molecule has 0 saturated heterocycles. The van der Waals surface area contributed by atoms with Gasteiger partial charge in [-0.1, -0.05) is 24.3 Å². The summed E-state index contributed by atoms with van der Waals surface area (Å²) in [5.74, 6) is 1.92. The van der Waals surface area contributed by atoms with Gasteiger partial charge in [0.25, 0.3) is 0 Å². The summed E-state index contributed by atoms with van der Waals surface area (Å²) in [5.41, 5.74) is 2.06. The van der Waals surface area contributed by atoms with Crippen LogP contribution >= 0.6 is 0 Å². The maximum absolute atomic E-state index is 6.23. The molecule has 2 heterocycles. The van der Waals surface area contributed by atoms with Crippen LogP contribution in [0.3, 0.4) is 0 Å². The van der Waals surface area contributed by atoms with Crippen LogP contribution in [0.15, 0.2) is 48.7 Å². The van der Waals surface area contributed by atoms with E-state index in [0.29, 0.717) is 6.10 Å². The Kier molecular flexibility index (Phi) is 4.65. The number of hydrogen-bond donors (Lipinski definition) is 1. The van der Waals surface area contributed by atoms with Gasteiger partial charge in [-0.2, -0.15) is 0 Å². The average molecular weight is 336 g/mol. The lowest BCUT2D eigenvalue weighted by Gasteiger charge is -2.18. The topological polar surface area (TPSA) is 51.5 Å². The lowest BCUT2D eigenvalue weighted by atomic mass is 10.1. The summed E-state index contributed by atoms with van der Waals surface area (Å²) in [6.07, 6.45) is 7.27. The predicted molar refractivity (Wildman–Crippen MR) is 97.6 cm³/mol. The minimum atomic E-state index is 0.0944. The molecule has 4 rings (SSSR count). The summed E-state index contributed by atoms with van der Waals surface area (Å²) >= 11 is 0. The quantitative estimate of drug-likeness (QED) is 0.742. The highest BCUT2D eigenvalue weighted by Crippen LogP contribution is 2.27. The van der Waals surface area contributed by atoms with Gasteiger partial charge in [0, 0.05) is 18.3 Å². The molecular weight excluding hydrogens is 312 g/mol. The van der Waals surface area contributed by atoms with Crippen LogP contribution in [0.5, 0.6) is 5.75 Å². The molecule has 5 nitrogen and oxygen atoms in total. The highest BCUT2D eigenvalue weighted by Gasteiger charge is 2.18. The van der Waals surface area contributed by atoms with Gasteiger partial charge in [0.2, 0.25) is 0 Å². The summed E-state index contributed by atoms with van der Waals surface area (Å²) in [5, 5.41) is 12.1. The first-order valence-corrected chi connectivity index (χ1v) is 9.09. The fourth-order valence-electron chi connectivity index (χ4n) is 3.46. The van der Waals surface area contributed by atoms with Gasteiger partial charge in [-0.05, 0) is 50.8 Å². The number of ether oxygens (including phenoxy) is 1. The Labute approximate surface area is 148 Å². The van der Waals surface area contributed by atoms with Gasteiger partial charge in [0.1, 0.15) is 5.75 Å². The van der Waals surface area contributed by atoms with Gasteiger partial charge in [-0.25, -0.2) is 0 Å². The van der Waals surface area contributed by atoms with Crippen LogP contribution in [0.1, 0.15) is 50.0 Å². The maximum atomic E-state index is 6.23. The maximum Gasteiger partial charge on any atom is 0.160 e. The van der Waals surface area contributed by atoms with E-state index in [2.05, 4.69) is 40.6 Å². The summed E-state index contributed by atoms with van der Waals surface area (Å²) in [6.45, 7) is 2.86. The number of aromatic nitrogens is 3. The van der Waals surface area contributed by atoms with Gasteiger partial charge < -0.3 is 10.1 Å². The molecular formula is C20H24N4O. The lowest BCUT2D eigenvalue weighted by molar-refractivity contribution is 0.207. The molecule has 2 aromatic heterocycles. The van der Waals surface area contributed by atoms with Crippen LogP contribution in [-0.2, 0) is 6.54 Å². The molecule has 0 bridgehead atoms. The van der Waals surface area contributed by atoms with E-state index < -0.39 is 0 Å². The molecule has 0 amide bonds. The molecule has 130 valence electrons. The molecule has 1 unspecified atom stereocenters. The second-order valence-electron chi connectivity index (χ2n) is 6.72. The zero-order valence-electron chi connectivity index (χ0n) is 14.6. The molecule has 1 atom stereocenters. The van der Waals surface area contributed by atoms with Crippen LogP contribution in [0.25, 0.3) is 5.65 Å². The van der Waals surface area contributed by atoms with Crippen molar-refractivity contribution in [1.29, 1.82) is 0 Å². The molecule has 1 aromatic carbocycles. The molecule has 1 saturated carbocycles. The third-order valence-electron chi connectivity index (χ3n) is 4.89. The van der Waals surface area contributed by atoms with E-state index in [1.807, 2.05) is 34.9 Å². The molecule has 1 aliphatic carbocycles. The van der Waals surface area contributed by atoms with E-state index in [1.165, 1.54) is 31.2 Å². The SMILES string of the molecule is CC(NCc1ccccc1OC1CCCC1)c1nnc2ccccn12. The minimum absolute atomic E-state index is 0.0944. The molecule has 1 aliphatic rings. The van der Waals surface area contributed by atoms with Crippen molar-refractivity contribution in [1.82, 2.24) is 19.9 Å². The van der Waals surface area contributed by atoms with Crippen molar-refractivity contribution in [2.75, 3.05) is 0 Å². The van der Waals surface area contributed by atoms with E-state index in [0.717, 1.165) is 23.8 Å². The predicted octanol–water partition coefficient (Wildman–Crippen LogP) is 3.90. The molecule has 25 heavy (non-hydrogen) atoms. The van der Waals surface area contributed by atoms with Crippen LogP contribution < -0.4 is 10.1 Å². The second-order valence-corrected chi connectivity index (χ2v) is 6.72. The van der Waals surface area contributed by atoms with E-state index in [-0.39, 0.29) is 6.04 Å². The standard InChI is InChI=1S/C20H24N4O/c1-15(20-23-22-19-12-6-7-13-24(19)20)21-14-16-8-2-5-11-18(16)25-17-9-3-4-10-17/h2,5-8,11-13,15,17,21H,3-4,9-10,14H2,1H3. The molecule has 3 aromatic rings. The number of benzene rings is 1. The summed E-state index contributed by atoms with van der Waals surface area (Å²) in [4.78, 5) is 0. The Balaban J connectivity index is 1.45. The van der Waals surface area contributed by atoms with E-state index in [1.54, 1.807) is 0 Å². The molecule has 0 aliphatic heterocycles. The second kappa shape index (κ2) is 7.23. The fourth-order valence-corrected chi connectivity index (χ4v) is 3.46. The van der Waals surface area contributed by atoms with E-state index >= 15 is 0 Å². The number of para-hydroxylation sites is 1. The zero-order valence-corrected chi connectivity index (χ0v) is 14.6. The van der Waals surface area contributed by atoms with Crippen molar-refractivity contribution in [3.05, 3.63) is 60.0 Å². The van der Waals surface area contributed by atoms with Gasteiger partial charge >= 0.3 is 0 Å². The Morgan fingerprint density at radius 2 is 1.92 bits per heavy atom. The molecule has 0 radical (unpaired) electrons. The van der Waals surface area contributed by atoms with Gasteiger partial charge in [-0.15, -0.1) is 10.2 Å². The number of nitrogens with one attached hydrogen (secondary N) is 1. The third kappa shape index (κ3) is 3.51. The van der Waals surface area contributed by atoms with E-state index in [4.69, 9.17) is 4.74 Å². The van der Waals surface area contributed by atoms with Gasteiger partial charge in [0.05, 0.1) is 12.1 Å². The minimum Gasteiger partial charge on any atom is -0.490 e. The van der Waals surface area contributed by atoms with Crippen molar-refractivity contribution in [3.8, 4) is 5.75 Å². The largest absolute Gasteiger partial charge is 0.490 e. The van der Waals surface area contributed by atoms with Gasteiger partial charge in [0.15, 0.2) is 11.5 Å². The van der Waals surface area contributed by atoms with Crippen molar-refractivity contribution >= 4 is 5.65 Å². The molecule has 1 fully saturated rings.